The number of unbranched alkanes of at least 4 members (excludes halogenated alkanes) is 3. The average molecular weight is 395 g/mol. The van der Waals surface area contributed by atoms with E-state index in [-0.39, 0.29) is 18.7 Å². The monoisotopic (exact) mass is 394 g/mol. The number of cyclic esters (lactones) is 1. The zero-order valence-corrected chi connectivity index (χ0v) is 16.5. The zero-order chi connectivity index (χ0) is 20.2. The van der Waals surface area contributed by atoms with Crippen molar-refractivity contribution in [2.24, 2.45) is 0 Å². The summed E-state index contributed by atoms with van der Waals surface area (Å²) in [6, 6.07) is 11.6. The van der Waals surface area contributed by atoms with Crippen molar-refractivity contribution in [1.29, 1.82) is 0 Å². The van der Waals surface area contributed by atoms with Gasteiger partial charge in [0.05, 0.1) is 31.4 Å². The molecule has 1 aromatic rings. The number of carbonyl (C=O) groups is 1. The van der Waals surface area contributed by atoms with Crippen LogP contribution < -0.4 is 0 Å². The number of rotatable bonds is 8. The number of amides is 1. The fourth-order valence-electron chi connectivity index (χ4n) is 3.59. The Balaban J connectivity index is 0.000000397. The van der Waals surface area contributed by atoms with Crippen LogP contribution in [0.4, 0.5) is 4.79 Å². The Kier molecular flexibility index (Phi) is 10.3. The van der Waals surface area contributed by atoms with Crippen LogP contribution in [0.15, 0.2) is 36.4 Å². The molecule has 0 spiro atoms. The van der Waals surface area contributed by atoms with Crippen molar-refractivity contribution in [3.63, 3.8) is 0 Å². The summed E-state index contributed by atoms with van der Waals surface area (Å²) in [6.45, 7) is 3.36. The van der Waals surface area contributed by atoms with E-state index in [0.717, 1.165) is 38.8 Å². The summed E-state index contributed by atoms with van der Waals surface area (Å²) in [6.07, 6.45) is 2.82. The molecule has 2 heterocycles. The molecule has 2 aliphatic heterocycles. The van der Waals surface area contributed by atoms with Crippen molar-refractivity contribution in [3.8, 4) is 0 Å². The Morgan fingerprint density at radius 3 is 2.07 bits per heavy atom. The predicted octanol–water partition coefficient (Wildman–Crippen LogP) is 1.47. The van der Waals surface area contributed by atoms with E-state index < -0.39 is 12.2 Å². The second-order valence-corrected chi connectivity index (χ2v) is 7.30. The number of nitrogens with zero attached hydrogens (tertiary/aromatic N) is 2. The van der Waals surface area contributed by atoms with Gasteiger partial charge in [0.2, 0.25) is 0 Å². The Hall–Kier alpha value is -1.67. The molecule has 1 amide bonds. The van der Waals surface area contributed by atoms with Gasteiger partial charge in [-0.25, -0.2) is 4.79 Å². The average Bonchev–Trinajstić information content (AvgIpc) is 3.14. The molecule has 3 atom stereocenters. The third kappa shape index (κ3) is 7.39. The number of hydrogen-bond acceptors (Lipinski definition) is 6. The van der Waals surface area contributed by atoms with Gasteiger partial charge in [-0.15, -0.1) is 0 Å². The molecule has 0 aliphatic carbocycles. The fraction of sp³-hybridized carbons (Fsp3) is 0.667. The molecule has 0 radical (unpaired) electrons. The van der Waals surface area contributed by atoms with Crippen molar-refractivity contribution in [1.82, 2.24) is 9.80 Å². The summed E-state index contributed by atoms with van der Waals surface area (Å²) in [5.41, 5.74) is 0. The first-order valence-electron chi connectivity index (χ1n) is 10.3. The normalized spacial score (nSPS) is 25.2. The highest BCUT2D eigenvalue weighted by atomic mass is 16.6. The SMILES string of the molecule is O=C1OCCN1CCCCCCN1CCC(O)[C@H](O)C1CO.c1ccccc1. The van der Waals surface area contributed by atoms with Gasteiger partial charge < -0.3 is 25.0 Å². The summed E-state index contributed by atoms with van der Waals surface area (Å²) in [7, 11) is 0. The highest BCUT2D eigenvalue weighted by Crippen LogP contribution is 2.19. The van der Waals surface area contributed by atoms with E-state index >= 15 is 0 Å². The zero-order valence-electron chi connectivity index (χ0n) is 16.5. The molecule has 0 bridgehead atoms. The summed E-state index contributed by atoms with van der Waals surface area (Å²) in [5.74, 6) is 0. The lowest BCUT2D eigenvalue weighted by atomic mass is 9.96. The topological polar surface area (TPSA) is 93.5 Å². The fourth-order valence-corrected chi connectivity index (χ4v) is 3.59. The summed E-state index contributed by atoms with van der Waals surface area (Å²) in [5, 5.41) is 28.9. The number of likely N-dealkylation sites (tertiary alicyclic amines) is 1. The van der Waals surface area contributed by atoms with E-state index in [1.807, 2.05) is 36.4 Å². The van der Waals surface area contributed by atoms with E-state index in [1.165, 1.54) is 0 Å². The third-order valence-electron chi connectivity index (χ3n) is 5.29. The van der Waals surface area contributed by atoms with Crippen molar-refractivity contribution in [3.05, 3.63) is 36.4 Å². The molecule has 0 saturated carbocycles. The van der Waals surface area contributed by atoms with Crippen LogP contribution in [0.1, 0.15) is 32.1 Å². The van der Waals surface area contributed by atoms with E-state index in [2.05, 4.69) is 4.90 Å². The number of carbonyl (C=O) groups excluding carboxylic acids is 1. The maximum atomic E-state index is 11.3. The molecule has 2 saturated heterocycles. The van der Waals surface area contributed by atoms with Gasteiger partial charge in [-0.2, -0.15) is 0 Å². The van der Waals surface area contributed by atoms with Gasteiger partial charge in [0.1, 0.15) is 6.61 Å². The van der Waals surface area contributed by atoms with Crippen molar-refractivity contribution in [2.75, 3.05) is 39.4 Å². The van der Waals surface area contributed by atoms with E-state index in [9.17, 15) is 20.1 Å². The molecule has 3 N–H and O–H groups in total. The smallest absolute Gasteiger partial charge is 0.409 e. The first-order valence-corrected chi connectivity index (χ1v) is 10.3. The minimum atomic E-state index is -0.861. The second-order valence-electron chi connectivity index (χ2n) is 7.30. The second kappa shape index (κ2) is 12.7. The minimum Gasteiger partial charge on any atom is -0.448 e. The molecule has 2 fully saturated rings. The molecule has 7 heteroatoms. The lowest BCUT2D eigenvalue weighted by Crippen LogP contribution is -2.56. The van der Waals surface area contributed by atoms with Crippen LogP contribution in [-0.2, 0) is 4.74 Å². The first kappa shape index (κ1) is 22.6. The lowest BCUT2D eigenvalue weighted by Gasteiger charge is -2.40. The lowest BCUT2D eigenvalue weighted by molar-refractivity contribution is -0.0896. The number of benzene rings is 1. The summed E-state index contributed by atoms with van der Waals surface area (Å²) < 4.78 is 4.88. The van der Waals surface area contributed by atoms with Gasteiger partial charge in [0.25, 0.3) is 0 Å². The Morgan fingerprint density at radius 2 is 1.54 bits per heavy atom. The molecule has 2 unspecified atom stereocenters. The van der Waals surface area contributed by atoms with Gasteiger partial charge in [0, 0.05) is 13.1 Å². The molecule has 158 valence electrons. The molecular weight excluding hydrogens is 360 g/mol. The number of aliphatic hydroxyl groups excluding tert-OH is 3. The molecule has 1 aromatic carbocycles. The Bertz CT molecular complexity index is 518. The van der Waals surface area contributed by atoms with Crippen molar-refractivity contribution in [2.45, 2.75) is 50.4 Å². The van der Waals surface area contributed by atoms with Crippen LogP contribution in [0.3, 0.4) is 0 Å². The first-order chi connectivity index (χ1) is 13.6. The number of piperidine rings is 1. The number of hydrogen-bond donors (Lipinski definition) is 3. The standard InChI is InChI=1S/C15H28N2O5.C6H6/c18-11-12-14(20)13(19)5-8-16(12)6-3-1-2-4-7-17-9-10-22-15(17)21;1-2-4-6-5-3-1/h12-14,18-20H,1-11H2;1-6H/t12?,13?,14-;/m1./s1. The number of aliphatic hydroxyl groups is 3. The highest BCUT2D eigenvalue weighted by molar-refractivity contribution is 5.69. The maximum absolute atomic E-state index is 11.3. The van der Waals surface area contributed by atoms with Crippen LogP contribution in [0.2, 0.25) is 0 Å². The molecular formula is C21H34N2O5. The quantitative estimate of drug-likeness (QED) is 0.578. The molecule has 2 aliphatic rings. The molecule has 28 heavy (non-hydrogen) atoms. The van der Waals surface area contributed by atoms with E-state index in [4.69, 9.17) is 4.74 Å². The number of ether oxygens (including phenoxy) is 1. The molecule has 3 rings (SSSR count). The van der Waals surface area contributed by atoms with Crippen molar-refractivity contribution >= 4 is 6.09 Å². The minimum absolute atomic E-state index is 0.130. The third-order valence-corrected chi connectivity index (χ3v) is 5.29. The largest absolute Gasteiger partial charge is 0.448 e. The molecule has 0 aromatic heterocycles. The van der Waals surface area contributed by atoms with E-state index in [1.54, 1.807) is 4.90 Å². The van der Waals surface area contributed by atoms with Crippen LogP contribution in [-0.4, -0.2) is 88.9 Å². The maximum Gasteiger partial charge on any atom is 0.409 e. The van der Waals surface area contributed by atoms with Crippen LogP contribution in [0.25, 0.3) is 0 Å². The Labute approximate surface area is 167 Å². The van der Waals surface area contributed by atoms with Crippen LogP contribution in [0, 0.1) is 0 Å². The van der Waals surface area contributed by atoms with Gasteiger partial charge in [-0.05, 0) is 25.8 Å². The van der Waals surface area contributed by atoms with Crippen LogP contribution in [0.5, 0.6) is 0 Å². The predicted molar refractivity (Wildman–Crippen MR) is 107 cm³/mol. The highest BCUT2D eigenvalue weighted by Gasteiger charge is 2.35. The van der Waals surface area contributed by atoms with Gasteiger partial charge >= 0.3 is 6.09 Å². The van der Waals surface area contributed by atoms with Gasteiger partial charge in [0.15, 0.2) is 0 Å². The van der Waals surface area contributed by atoms with Gasteiger partial charge in [-0.3, -0.25) is 4.90 Å². The van der Waals surface area contributed by atoms with Crippen LogP contribution >= 0.6 is 0 Å². The van der Waals surface area contributed by atoms with Gasteiger partial charge in [-0.1, -0.05) is 49.2 Å². The summed E-state index contributed by atoms with van der Waals surface area (Å²) in [4.78, 5) is 15.1. The van der Waals surface area contributed by atoms with E-state index in [0.29, 0.717) is 26.1 Å². The summed E-state index contributed by atoms with van der Waals surface area (Å²) >= 11 is 0. The Morgan fingerprint density at radius 1 is 0.929 bits per heavy atom. The van der Waals surface area contributed by atoms with Crippen molar-refractivity contribution < 1.29 is 24.9 Å². The molecule has 7 nitrogen and oxygen atoms in total.